The van der Waals surface area contributed by atoms with Gasteiger partial charge in [0.1, 0.15) is 10.6 Å². The van der Waals surface area contributed by atoms with E-state index in [2.05, 4.69) is 4.99 Å². The number of ketones is 1. The normalized spacial score (nSPS) is 13.1. The maximum Gasteiger partial charge on any atom is 0.298 e. The first-order valence-corrected chi connectivity index (χ1v) is 11.1. The summed E-state index contributed by atoms with van der Waals surface area (Å²) in [6.45, 7) is 0. The lowest BCUT2D eigenvalue weighted by atomic mass is 10.1. The molecule has 1 aliphatic carbocycles. The quantitative estimate of drug-likeness (QED) is 0.331. The zero-order valence-corrected chi connectivity index (χ0v) is 18.4. The maximum absolute atomic E-state index is 10.9. The number of hydrogen-bond acceptors (Lipinski definition) is 6. The lowest BCUT2D eigenvalue weighted by Gasteiger charge is -2.04. The molecule has 164 valence electrons. The first kappa shape index (κ1) is 23.5. The molecule has 0 saturated carbocycles. The summed E-state index contributed by atoms with van der Waals surface area (Å²) >= 11 is 11.5. The zero-order chi connectivity index (χ0) is 23.5. The summed E-state index contributed by atoms with van der Waals surface area (Å²) < 4.78 is 30.6. The van der Waals surface area contributed by atoms with Crippen LogP contribution in [0, 0.1) is 0 Å². The third-order valence-electron chi connectivity index (χ3n) is 4.24. The van der Waals surface area contributed by atoms with Crippen molar-refractivity contribution in [3.05, 3.63) is 82.9 Å². The molecule has 3 aromatic carbocycles. The van der Waals surface area contributed by atoms with Crippen LogP contribution in [0.25, 0.3) is 10.8 Å². The number of carbonyl (C=O) groups excluding carboxylic acids is 1. The van der Waals surface area contributed by atoms with Crippen molar-refractivity contribution in [1.82, 2.24) is 0 Å². The first-order chi connectivity index (χ1) is 15.1. The highest BCUT2D eigenvalue weighted by atomic mass is 35.5. The molecule has 0 spiro atoms. The van der Waals surface area contributed by atoms with Gasteiger partial charge >= 0.3 is 0 Å². The fourth-order valence-corrected chi connectivity index (χ4v) is 3.80. The molecule has 0 saturated heterocycles. The molecule has 0 aliphatic heterocycles. The number of phenolic OH excluding ortho intramolecular Hbond substituents is 2. The van der Waals surface area contributed by atoms with Crippen LogP contribution >= 0.6 is 23.2 Å². The van der Waals surface area contributed by atoms with Crippen molar-refractivity contribution in [2.45, 2.75) is 4.90 Å². The Bertz CT molecular complexity index is 1370. The number of carbonyl (C=O) groups is 1. The Morgan fingerprint density at radius 3 is 2.00 bits per heavy atom. The summed E-state index contributed by atoms with van der Waals surface area (Å²) in [5.41, 5.74) is 1.12. The number of phenols is 2. The molecule has 3 N–H and O–H groups in total. The highest BCUT2D eigenvalue weighted by Gasteiger charge is 2.16. The van der Waals surface area contributed by atoms with E-state index >= 15 is 0 Å². The maximum atomic E-state index is 10.9. The Hall–Kier alpha value is -3.17. The van der Waals surface area contributed by atoms with Crippen LogP contribution in [0.2, 0.25) is 10.0 Å². The average molecular weight is 492 g/mol. The largest absolute Gasteiger partial charge is 0.506 e. The van der Waals surface area contributed by atoms with Gasteiger partial charge in [0.2, 0.25) is 0 Å². The van der Waals surface area contributed by atoms with Gasteiger partial charge in [-0.05, 0) is 47.9 Å². The lowest BCUT2D eigenvalue weighted by molar-refractivity contribution is -0.110. The molecule has 4 rings (SSSR count). The van der Waals surface area contributed by atoms with Crippen molar-refractivity contribution in [2.24, 2.45) is 4.99 Å². The SMILES string of the molecule is O=C1C=CC(=Nc2cc(Cl)c(O)c(Cl)c2)C=C1.O=S(=O)(O)c1ccc2ccccc2c1O. The topological polar surface area (TPSA) is 124 Å². The molecular formula is C22H15Cl2NO6S. The Morgan fingerprint density at radius 1 is 0.812 bits per heavy atom. The van der Waals surface area contributed by atoms with Crippen molar-refractivity contribution in [2.75, 3.05) is 0 Å². The smallest absolute Gasteiger partial charge is 0.298 e. The fourth-order valence-electron chi connectivity index (χ4n) is 2.73. The van der Waals surface area contributed by atoms with Crippen molar-refractivity contribution in [3.63, 3.8) is 0 Å². The van der Waals surface area contributed by atoms with E-state index in [-0.39, 0.29) is 21.6 Å². The minimum absolute atomic E-state index is 0.0780. The summed E-state index contributed by atoms with van der Waals surface area (Å²) in [7, 11) is -4.37. The molecule has 10 heteroatoms. The number of aromatic hydroxyl groups is 2. The van der Waals surface area contributed by atoms with E-state index in [1.165, 1.54) is 36.4 Å². The number of rotatable bonds is 2. The molecule has 1 aliphatic rings. The summed E-state index contributed by atoms with van der Waals surface area (Å²) in [4.78, 5) is 14.7. The minimum atomic E-state index is -4.37. The van der Waals surface area contributed by atoms with E-state index < -0.39 is 20.8 Å². The van der Waals surface area contributed by atoms with E-state index in [4.69, 9.17) is 27.8 Å². The van der Waals surface area contributed by atoms with Gasteiger partial charge < -0.3 is 10.2 Å². The number of benzene rings is 3. The molecular weight excluding hydrogens is 477 g/mol. The molecule has 0 aromatic heterocycles. The molecule has 0 atom stereocenters. The van der Waals surface area contributed by atoms with Crippen molar-refractivity contribution in [3.8, 4) is 11.5 Å². The molecule has 0 bridgehead atoms. The number of halogens is 2. The van der Waals surface area contributed by atoms with Crippen LogP contribution in [-0.2, 0) is 14.9 Å². The van der Waals surface area contributed by atoms with Crippen LogP contribution < -0.4 is 0 Å². The Labute approximate surface area is 193 Å². The van der Waals surface area contributed by atoms with Crippen molar-refractivity contribution in [1.29, 1.82) is 0 Å². The third kappa shape index (κ3) is 5.54. The van der Waals surface area contributed by atoms with Gasteiger partial charge in [-0.15, -0.1) is 0 Å². The number of fused-ring (bicyclic) bond motifs is 1. The van der Waals surface area contributed by atoms with E-state index in [0.29, 0.717) is 22.2 Å². The number of aliphatic imine (C=N–C) groups is 1. The standard InChI is InChI=1S/C12H7Cl2NO2.C10H8O4S/c13-10-5-8(6-11(14)12(10)17)15-7-1-3-9(16)4-2-7;11-10-8-4-2-1-3-7(8)5-6-9(10)15(12,13)14/h1-6,17H;1-6,11H,(H,12,13,14). The van der Waals surface area contributed by atoms with Gasteiger partial charge in [-0.3, -0.25) is 9.35 Å². The van der Waals surface area contributed by atoms with Gasteiger partial charge in [-0.1, -0.05) is 53.5 Å². The molecule has 32 heavy (non-hydrogen) atoms. The monoisotopic (exact) mass is 491 g/mol. The molecule has 0 amide bonds. The summed E-state index contributed by atoms with van der Waals surface area (Å²) in [6, 6.07) is 12.5. The highest BCUT2D eigenvalue weighted by molar-refractivity contribution is 7.86. The molecule has 0 radical (unpaired) electrons. The first-order valence-electron chi connectivity index (χ1n) is 8.91. The van der Waals surface area contributed by atoms with Gasteiger partial charge in [-0.25, -0.2) is 4.99 Å². The Morgan fingerprint density at radius 2 is 1.41 bits per heavy atom. The van der Waals surface area contributed by atoms with Gasteiger partial charge in [0.05, 0.1) is 21.4 Å². The lowest BCUT2D eigenvalue weighted by Crippen LogP contribution is -1.98. The third-order valence-corrected chi connectivity index (χ3v) is 5.70. The predicted octanol–water partition coefficient (Wildman–Crippen LogP) is 5.26. The summed E-state index contributed by atoms with van der Waals surface area (Å²) in [6.07, 6.45) is 6.03. The van der Waals surface area contributed by atoms with Crippen LogP contribution in [0.3, 0.4) is 0 Å². The van der Waals surface area contributed by atoms with E-state index in [1.807, 2.05) is 0 Å². The van der Waals surface area contributed by atoms with Gasteiger partial charge in [0.15, 0.2) is 11.5 Å². The summed E-state index contributed by atoms with van der Waals surface area (Å²) in [5.74, 6) is -0.663. The summed E-state index contributed by atoms with van der Waals surface area (Å²) in [5, 5.41) is 20.4. The second-order valence-electron chi connectivity index (χ2n) is 6.47. The Kier molecular flexibility index (Phi) is 7.00. The molecule has 7 nitrogen and oxygen atoms in total. The zero-order valence-electron chi connectivity index (χ0n) is 16.1. The van der Waals surface area contributed by atoms with Crippen molar-refractivity contribution >= 4 is 61.3 Å². The van der Waals surface area contributed by atoms with Gasteiger partial charge in [-0.2, -0.15) is 8.42 Å². The predicted molar refractivity (Wildman–Crippen MR) is 124 cm³/mol. The van der Waals surface area contributed by atoms with Crippen LogP contribution in [0.4, 0.5) is 5.69 Å². The number of hydrogen-bond donors (Lipinski definition) is 3. The van der Waals surface area contributed by atoms with E-state index in [1.54, 1.807) is 36.4 Å². The number of nitrogens with zero attached hydrogens (tertiary/aromatic N) is 1. The number of allylic oxidation sites excluding steroid dienone is 4. The van der Waals surface area contributed by atoms with Crippen LogP contribution in [0.5, 0.6) is 11.5 Å². The molecule has 0 fully saturated rings. The average Bonchev–Trinajstić information content (AvgIpc) is 2.74. The second kappa shape index (κ2) is 9.54. The van der Waals surface area contributed by atoms with E-state index in [9.17, 15) is 23.4 Å². The Balaban J connectivity index is 0.000000182. The van der Waals surface area contributed by atoms with Gasteiger partial charge in [0.25, 0.3) is 10.1 Å². The highest BCUT2D eigenvalue weighted by Crippen LogP contribution is 2.36. The van der Waals surface area contributed by atoms with Crippen LogP contribution in [0.15, 0.2) is 82.7 Å². The molecule has 0 heterocycles. The van der Waals surface area contributed by atoms with Gasteiger partial charge in [0, 0.05) is 5.39 Å². The van der Waals surface area contributed by atoms with Crippen molar-refractivity contribution < 1.29 is 28.0 Å². The van der Waals surface area contributed by atoms with Crippen LogP contribution in [-0.4, -0.2) is 34.7 Å². The van der Waals surface area contributed by atoms with E-state index in [0.717, 1.165) is 0 Å². The molecule has 0 unspecified atom stereocenters. The second-order valence-corrected chi connectivity index (χ2v) is 8.68. The minimum Gasteiger partial charge on any atom is -0.506 e. The molecule has 3 aromatic rings. The fraction of sp³-hybridized carbons (Fsp3) is 0. The van der Waals surface area contributed by atoms with Crippen LogP contribution in [0.1, 0.15) is 0 Å².